The van der Waals surface area contributed by atoms with Gasteiger partial charge in [-0.15, -0.1) is 5.10 Å². The Kier molecular flexibility index (Phi) is 5.61. The first kappa shape index (κ1) is 19.4. The summed E-state index contributed by atoms with van der Waals surface area (Å²) in [6, 6.07) is 17.7. The van der Waals surface area contributed by atoms with Crippen molar-refractivity contribution >= 4 is 5.91 Å². The van der Waals surface area contributed by atoms with Gasteiger partial charge in [-0.25, -0.2) is 0 Å². The molecule has 0 spiro atoms. The second kappa shape index (κ2) is 8.65. The number of carbonyl (C=O) groups excluding carboxylic acids is 1. The highest BCUT2D eigenvalue weighted by Crippen LogP contribution is 2.25. The summed E-state index contributed by atoms with van der Waals surface area (Å²) < 4.78 is 1.68. The van der Waals surface area contributed by atoms with Crippen LogP contribution in [0.3, 0.4) is 0 Å². The minimum Gasteiger partial charge on any atom is -0.348 e. The fourth-order valence-corrected chi connectivity index (χ4v) is 3.19. The molecule has 0 aliphatic rings. The molecule has 4 rings (SSSR count). The Morgan fingerprint density at radius 3 is 2.50 bits per heavy atom. The molecule has 4 aromatic rings. The maximum absolute atomic E-state index is 12.9. The van der Waals surface area contributed by atoms with Crippen molar-refractivity contribution in [3.8, 4) is 16.8 Å². The van der Waals surface area contributed by atoms with E-state index in [9.17, 15) is 4.79 Å². The molecule has 0 saturated carbocycles. The normalized spacial score (nSPS) is 10.7. The summed E-state index contributed by atoms with van der Waals surface area (Å²) in [7, 11) is 0. The lowest BCUT2D eigenvalue weighted by atomic mass is 10.0. The third kappa shape index (κ3) is 4.25. The van der Waals surface area contributed by atoms with Gasteiger partial charge in [0.25, 0.3) is 5.91 Å². The molecule has 2 aromatic carbocycles. The third-order valence-corrected chi connectivity index (χ3v) is 4.86. The molecule has 0 saturated heterocycles. The fourth-order valence-electron chi connectivity index (χ4n) is 3.19. The lowest BCUT2D eigenvalue weighted by Gasteiger charge is -2.12. The highest BCUT2D eigenvalue weighted by Gasteiger charge is 2.14. The number of nitrogens with zero attached hydrogens (tertiary/aromatic N) is 5. The standard InChI is InChI=1S/C23H22N6O/c1-3-22-26-27-28-29(22)21-13-19(18-6-4-16(2)5-7-18)12-20(14-21)23(30)25-15-17-8-10-24-11-9-17/h4-14H,3,15H2,1-2H3,(H,25,30). The van der Waals surface area contributed by atoms with Gasteiger partial charge in [0.15, 0.2) is 5.82 Å². The molecule has 0 aliphatic heterocycles. The van der Waals surface area contributed by atoms with Crippen molar-refractivity contribution in [2.75, 3.05) is 0 Å². The molecule has 30 heavy (non-hydrogen) atoms. The van der Waals surface area contributed by atoms with Crippen molar-refractivity contribution in [1.82, 2.24) is 30.5 Å². The SMILES string of the molecule is CCc1nnnn1-c1cc(C(=O)NCc2ccncc2)cc(-c2ccc(C)cc2)c1. The largest absolute Gasteiger partial charge is 0.348 e. The van der Waals surface area contributed by atoms with E-state index in [1.807, 2.05) is 56.3 Å². The average molecular weight is 398 g/mol. The van der Waals surface area contributed by atoms with E-state index >= 15 is 0 Å². The monoisotopic (exact) mass is 398 g/mol. The fraction of sp³-hybridized carbons (Fsp3) is 0.174. The molecule has 0 aliphatic carbocycles. The third-order valence-electron chi connectivity index (χ3n) is 4.86. The number of nitrogens with one attached hydrogen (secondary N) is 1. The second-order valence-electron chi connectivity index (χ2n) is 7.03. The summed E-state index contributed by atoms with van der Waals surface area (Å²) in [6.07, 6.45) is 4.11. The van der Waals surface area contributed by atoms with Gasteiger partial charge in [0.2, 0.25) is 0 Å². The molecule has 0 fully saturated rings. The Morgan fingerprint density at radius 1 is 1.00 bits per heavy atom. The topological polar surface area (TPSA) is 85.6 Å². The first-order chi connectivity index (χ1) is 14.6. The van der Waals surface area contributed by atoms with Crippen LogP contribution in [0, 0.1) is 6.92 Å². The molecular formula is C23H22N6O. The highest BCUT2D eigenvalue weighted by molar-refractivity contribution is 5.96. The number of aromatic nitrogens is 5. The minimum absolute atomic E-state index is 0.159. The first-order valence-corrected chi connectivity index (χ1v) is 9.81. The summed E-state index contributed by atoms with van der Waals surface area (Å²) in [5.74, 6) is 0.576. The Balaban J connectivity index is 1.71. The van der Waals surface area contributed by atoms with E-state index in [1.54, 1.807) is 17.1 Å². The number of amides is 1. The van der Waals surface area contributed by atoms with E-state index in [0.717, 1.165) is 28.2 Å². The number of benzene rings is 2. The minimum atomic E-state index is -0.159. The Bertz CT molecular complexity index is 1150. The van der Waals surface area contributed by atoms with Crippen molar-refractivity contribution in [3.63, 3.8) is 0 Å². The second-order valence-corrected chi connectivity index (χ2v) is 7.03. The molecule has 2 heterocycles. The molecule has 7 heteroatoms. The number of aryl methyl sites for hydroxylation is 2. The molecule has 1 amide bonds. The van der Waals surface area contributed by atoms with Gasteiger partial charge in [0.05, 0.1) is 5.69 Å². The number of carbonyl (C=O) groups is 1. The zero-order valence-corrected chi connectivity index (χ0v) is 16.9. The van der Waals surface area contributed by atoms with Gasteiger partial charge in [-0.1, -0.05) is 36.8 Å². The summed E-state index contributed by atoms with van der Waals surface area (Å²) in [6.45, 7) is 4.47. The van der Waals surface area contributed by atoms with Crippen LogP contribution >= 0.6 is 0 Å². The number of pyridine rings is 1. The predicted molar refractivity (Wildman–Crippen MR) is 114 cm³/mol. The van der Waals surface area contributed by atoms with Crippen LogP contribution in [0.4, 0.5) is 0 Å². The molecule has 7 nitrogen and oxygen atoms in total. The molecule has 0 bridgehead atoms. The molecule has 0 radical (unpaired) electrons. The smallest absolute Gasteiger partial charge is 0.251 e. The number of hydrogen-bond donors (Lipinski definition) is 1. The highest BCUT2D eigenvalue weighted by atomic mass is 16.1. The maximum Gasteiger partial charge on any atom is 0.251 e. The molecule has 2 aromatic heterocycles. The van der Waals surface area contributed by atoms with Gasteiger partial charge in [0, 0.05) is 30.9 Å². The van der Waals surface area contributed by atoms with Crippen molar-refractivity contribution in [2.24, 2.45) is 0 Å². The molecule has 1 N–H and O–H groups in total. The number of tetrazole rings is 1. The molecular weight excluding hydrogens is 376 g/mol. The van der Waals surface area contributed by atoms with E-state index in [4.69, 9.17) is 0 Å². The van der Waals surface area contributed by atoms with E-state index in [0.29, 0.717) is 18.5 Å². The van der Waals surface area contributed by atoms with Gasteiger partial charge in [-0.3, -0.25) is 9.78 Å². The zero-order valence-electron chi connectivity index (χ0n) is 16.9. The van der Waals surface area contributed by atoms with Crippen LogP contribution in [-0.2, 0) is 13.0 Å². The van der Waals surface area contributed by atoms with Crippen LogP contribution in [0.5, 0.6) is 0 Å². The predicted octanol–water partition coefficient (Wildman–Crippen LogP) is 3.53. The van der Waals surface area contributed by atoms with Crippen LogP contribution in [-0.4, -0.2) is 31.1 Å². The van der Waals surface area contributed by atoms with Crippen molar-refractivity contribution in [1.29, 1.82) is 0 Å². The van der Waals surface area contributed by atoms with Crippen molar-refractivity contribution in [2.45, 2.75) is 26.8 Å². The molecule has 150 valence electrons. The molecule has 0 unspecified atom stereocenters. The van der Waals surface area contributed by atoms with Crippen molar-refractivity contribution in [3.05, 3.63) is 89.5 Å². The van der Waals surface area contributed by atoms with Gasteiger partial charge >= 0.3 is 0 Å². The summed E-state index contributed by atoms with van der Waals surface area (Å²) in [5.41, 5.74) is 5.43. The number of hydrogen-bond acceptors (Lipinski definition) is 5. The van der Waals surface area contributed by atoms with E-state index in [1.165, 1.54) is 5.56 Å². The Labute approximate surface area is 174 Å². The van der Waals surface area contributed by atoms with Crippen LogP contribution in [0.1, 0.15) is 34.2 Å². The van der Waals surface area contributed by atoms with E-state index in [-0.39, 0.29) is 5.91 Å². The van der Waals surface area contributed by atoms with Gasteiger partial charge < -0.3 is 5.32 Å². The first-order valence-electron chi connectivity index (χ1n) is 9.81. The molecule has 0 atom stereocenters. The Morgan fingerprint density at radius 2 is 1.77 bits per heavy atom. The summed E-state index contributed by atoms with van der Waals surface area (Å²) in [4.78, 5) is 16.9. The van der Waals surface area contributed by atoms with E-state index < -0.39 is 0 Å². The van der Waals surface area contributed by atoms with Crippen LogP contribution in [0.25, 0.3) is 16.8 Å². The quantitative estimate of drug-likeness (QED) is 0.537. The average Bonchev–Trinajstić information content (AvgIpc) is 3.27. The van der Waals surface area contributed by atoms with Crippen LogP contribution < -0.4 is 5.32 Å². The Hall–Kier alpha value is -3.87. The van der Waals surface area contributed by atoms with E-state index in [2.05, 4.69) is 38.0 Å². The van der Waals surface area contributed by atoms with Gasteiger partial charge in [0.1, 0.15) is 0 Å². The number of rotatable bonds is 6. The maximum atomic E-state index is 12.9. The summed E-state index contributed by atoms with van der Waals surface area (Å²) in [5, 5.41) is 15.0. The van der Waals surface area contributed by atoms with Gasteiger partial charge in [-0.2, -0.15) is 4.68 Å². The zero-order chi connectivity index (χ0) is 20.9. The lowest BCUT2D eigenvalue weighted by molar-refractivity contribution is 0.0951. The van der Waals surface area contributed by atoms with Crippen LogP contribution in [0.2, 0.25) is 0 Å². The lowest BCUT2D eigenvalue weighted by Crippen LogP contribution is -2.23. The van der Waals surface area contributed by atoms with Gasteiger partial charge in [-0.05, 0) is 64.4 Å². The summed E-state index contributed by atoms with van der Waals surface area (Å²) >= 11 is 0. The van der Waals surface area contributed by atoms with Crippen molar-refractivity contribution < 1.29 is 4.79 Å². The van der Waals surface area contributed by atoms with Crippen LogP contribution in [0.15, 0.2) is 67.0 Å².